The largest absolute Gasteiger partial charge is 0.465 e. The topological polar surface area (TPSA) is 55.4 Å². The third-order valence-corrected chi connectivity index (χ3v) is 4.17. The molecule has 5 heteroatoms. The second kappa shape index (κ2) is 8.64. The number of ether oxygens (including phenoxy) is 1. The van der Waals surface area contributed by atoms with Crippen molar-refractivity contribution in [1.29, 1.82) is 0 Å². The van der Waals surface area contributed by atoms with Crippen LogP contribution in [0.15, 0.2) is 59.1 Å². The summed E-state index contributed by atoms with van der Waals surface area (Å²) in [5.41, 5.74) is 1.68. The zero-order valence-electron chi connectivity index (χ0n) is 13.7. The number of carbonyl (C=O) groups is 2. The Labute approximate surface area is 150 Å². The molecule has 0 fully saturated rings. The molecule has 2 unspecified atom stereocenters. The minimum absolute atomic E-state index is 0.232. The highest BCUT2D eigenvalue weighted by molar-refractivity contribution is 9.10. The number of anilines is 1. The van der Waals surface area contributed by atoms with Crippen molar-refractivity contribution in [2.24, 2.45) is 5.92 Å². The molecule has 2 rings (SSSR count). The molecule has 0 amide bonds. The molecule has 0 aliphatic heterocycles. The minimum Gasteiger partial charge on any atom is -0.465 e. The summed E-state index contributed by atoms with van der Waals surface area (Å²) < 4.78 is 6.05. The van der Waals surface area contributed by atoms with Crippen molar-refractivity contribution in [3.63, 3.8) is 0 Å². The van der Waals surface area contributed by atoms with Gasteiger partial charge in [-0.25, -0.2) is 0 Å². The second-order valence-corrected chi connectivity index (χ2v) is 6.30. The van der Waals surface area contributed by atoms with Gasteiger partial charge in [-0.1, -0.05) is 46.3 Å². The zero-order valence-corrected chi connectivity index (χ0v) is 15.2. The molecule has 1 N–H and O–H groups in total. The van der Waals surface area contributed by atoms with E-state index in [-0.39, 0.29) is 12.4 Å². The first kappa shape index (κ1) is 18.2. The normalized spacial score (nSPS) is 13.0. The van der Waals surface area contributed by atoms with Crippen LogP contribution in [0.25, 0.3) is 0 Å². The first-order valence-electron chi connectivity index (χ1n) is 7.77. The Morgan fingerprint density at radius 2 is 1.71 bits per heavy atom. The molecule has 0 heterocycles. The van der Waals surface area contributed by atoms with Crippen LogP contribution in [0.4, 0.5) is 5.69 Å². The highest BCUT2D eigenvalue weighted by Crippen LogP contribution is 2.29. The lowest BCUT2D eigenvalue weighted by molar-refractivity contribution is -0.151. The Balaban J connectivity index is 2.41. The molecule has 126 valence electrons. The molecule has 24 heavy (non-hydrogen) atoms. The molecule has 0 saturated heterocycles. The van der Waals surface area contributed by atoms with Crippen molar-refractivity contribution in [3.05, 3.63) is 64.6 Å². The van der Waals surface area contributed by atoms with Crippen molar-refractivity contribution in [1.82, 2.24) is 0 Å². The number of carbonyl (C=O) groups excluding carboxylic acids is 2. The number of benzene rings is 2. The summed E-state index contributed by atoms with van der Waals surface area (Å²) in [6, 6.07) is 16.5. The van der Waals surface area contributed by atoms with Gasteiger partial charge in [-0.05, 0) is 43.7 Å². The molecule has 0 aromatic heterocycles. The average molecular weight is 390 g/mol. The van der Waals surface area contributed by atoms with E-state index in [1.165, 1.54) is 6.92 Å². The number of para-hydroxylation sites is 1. The van der Waals surface area contributed by atoms with Crippen molar-refractivity contribution < 1.29 is 14.3 Å². The molecule has 0 radical (unpaired) electrons. The minimum atomic E-state index is -0.911. The molecule has 2 aromatic rings. The van der Waals surface area contributed by atoms with Crippen LogP contribution >= 0.6 is 15.9 Å². The van der Waals surface area contributed by atoms with Crippen molar-refractivity contribution in [2.75, 3.05) is 11.9 Å². The quantitative estimate of drug-likeness (QED) is 0.564. The number of Topliss-reactive ketones (excluding diaryl/α,β-unsaturated/α-hetero) is 1. The van der Waals surface area contributed by atoms with E-state index in [4.69, 9.17) is 4.74 Å². The summed E-state index contributed by atoms with van der Waals surface area (Å²) in [4.78, 5) is 24.5. The predicted molar refractivity (Wildman–Crippen MR) is 97.8 cm³/mol. The van der Waals surface area contributed by atoms with Gasteiger partial charge in [-0.3, -0.25) is 9.59 Å². The number of nitrogens with one attached hydrogen (secondary N) is 1. The van der Waals surface area contributed by atoms with Gasteiger partial charge in [-0.15, -0.1) is 0 Å². The van der Waals surface area contributed by atoms with E-state index < -0.39 is 17.9 Å². The Bertz CT molecular complexity index is 686. The van der Waals surface area contributed by atoms with Crippen LogP contribution in [-0.4, -0.2) is 18.4 Å². The fraction of sp³-hybridized carbons (Fsp3) is 0.263. The summed E-state index contributed by atoms with van der Waals surface area (Å²) in [7, 11) is 0. The van der Waals surface area contributed by atoms with Crippen LogP contribution in [-0.2, 0) is 14.3 Å². The highest BCUT2D eigenvalue weighted by atomic mass is 79.9. The molecule has 2 aromatic carbocycles. The van der Waals surface area contributed by atoms with Crippen molar-refractivity contribution in [2.45, 2.75) is 19.9 Å². The summed E-state index contributed by atoms with van der Waals surface area (Å²) >= 11 is 3.40. The molecule has 0 spiro atoms. The third-order valence-electron chi connectivity index (χ3n) is 3.64. The molecule has 4 nitrogen and oxygen atoms in total. The smallest absolute Gasteiger partial charge is 0.318 e. The fourth-order valence-corrected chi connectivity index (χ4v) is 2.78. The molecule has 2 atom stereocenters. The van der Waals surface area contributed by atoms with E-state index in [0.717, 1.165) is 15.7 Å². The van der Waals surface area contributed by atoms with E-state index in [0.29, 0.717) is 0 Å². The van der Waals surface area contributed by atoms with E-state index in [1.54, 1.807) is 6.92 Å². The van der Waals surface area contributed by atoms with E-state index in [2.05, 4.69) is 21.2 Å². The van der Waals surface area contributed by atoms with Crippen LogP contribution in [0, 0.1) is 5.92 Å². The first-order valence-corrected chi connectivity index (χ1v) is 8.56. The molecular weight excluding hydrogens is 370 g/mol. The summed E-state index contributed by atoms with van der Waals surface area (Å²) in [5.74, 6) is -1.66. The average Bonchev–Trinajstić information content (AvgIpc) is 2.56. The lowest BCUT2D eigenvalue weighted by Crippen LogP contribution is -2.34. The molecular formula is C19H20BrNO3. The number of esters is 1. The van der Waals surface area contributed by atoms with Gasteiger partial charge in [0.2, 0.25) is 0 Å². The maximum atomic E-state index is 12.4. The van der Waals surface area contributed by atoms with Gasteiger partial charge in [0.1, 0.15) is 11.7 Å². The first-order chi connectivity index (χ1) is 11.5. The van der Waals surface area contributed by atoms with Crippen LogP contribution in [0.1, 0.15) is 25.5 Å². The molecule has 0 saturated carbocycles. The zero-order chi connectivity index (χ0) is 17.5. The van der Waals surface area contributed by atoms with E-state index in [9.17, 15) is 9.59 Å². The van der Waals surface area contributed by atoms with Gasteiger partial charge >= 0.3 is 5.97 Å². The molecule has 0 aliphatic rings. The maximum absolute atomic E-state index is 12.4. The summed E-state index contributed by atoms with van der Waals surface area (Å²) in [6.07, 6.45) is 0. The van der Waals surface area contributed by atoms with E-state index >= 15 is 0 Å². The van der Waals surface area contributed by atoms with Crippen molar-refractivity contribution >= 4 is 33.4 Å². The second-order valence-electron chi connectivity index (χ2n) is 5.38. The van der Waals surface area contributed by atoms with Gasteiger partial charge in [0, 0.05) is 10.2 Å². The fourth-order valence-electron chi connectivity index (χ4n) is 2.51. The lowest BCUT2D eigenvalue weighted by Gasteiger charge is -2.26. The van der Waals surface area contributed by atoms with Crippen LogP contribution in [0.5, 0.6) is 0 Å². The number of hydrogen-bond donors (Lipinski definition) is 1. The van der Waals surface area contributed by atoms with Gasteiger partial charge in [0.05, 0.1) is 12.6 Å². The van der Waals surface area contributed by atoms with Gasteiger partial charge in [0.15, 0.2) is 0 Å². The summed E-state index contributed by atoms with van der Waals surface area (Å²) in [6.45, 7) is 3.38. The van der Waals surface area contributed by atoms with Crippen molar-refractivity contribution in [3.8, 4) is 0 Å². The number of hydrogen-bond acceptors (Lipinski definition) is 4. The summed E-state index contributed by atoms with van der Waals surface area (Å²) in [5, 5.41) is 3.30. The van der Waals surface area contributed by atoms with Crippen LogP contribution in [0.2, 0.25) is 0 Å². The molecule has 0 aliphatic carbocycles. The SMILES string of the molecule is CCOC(=O)C(C(C)=O)C(Nc1ccccc1)c1ccc(Br)cc1. The van der Waals surface area contributed by atoms with Gasteiger partial charge in [0.25, 0.3) is 0 Å². The van der Waals surface area contributed by atoms with Crippen LogP contribution < -0.4 is 5.32 Å². The maximum Gasteiger partial charge on any atom is 0.318 e. The Kier molecular flexibility index (Phi) is 6.55. The number of rotatable bonds is 7. The Morgan fingerprint density at radius 1 is 1.08 bits per heavy atom. The predicted octanol–water partition coefficient (Wildman–Crippen LogP) is 4.37. The highest BCUT2D eigenvalue weighted by Gasteiger charge is 2.34. The standard InChI is InChI=1S/C19H20BrNO3/c1-3-24-19(23)17(13(2)22)18(14-9-11-15(20)12-10-14)21-16-7-5-4-6-8-16/h4-12,17-18,21H,3H2,1-2H3. The van der Waals surface area contributed by atoms with Crippen LogP contribution in [0.3, 0.4) is 0 Å². The number of halogens is 1. The molecule has 0 bridgehead atoms. The van der Waals surface area contributed by atoms with E-state index in [1.807, 2.05) is 54.6 Å². The third kappa shape index (κ3) is 4.68. The Morgan fingerprint density at radius 3 is 2.25 bits per heavy atom. The number of ketones is 1. The monoisotopic (exact) mass is 389 g/mol. The van der Waals surface area contributed by atoms with Gasteiger partial charge < -0.3 is 10.1 Å². The Hall–Kier alpha value is -2.14. The van der Waals surface area contributed by atoms with Gasteiger partial charge in [-0.2, -0.15) is 0 Å². The lowest BCUT2D eigenvalue weighted by atomic mass is 9.89.